The summed E-state index contributed by atoms with van der Waals surface area (Å²) in [4.78, 5) is 23.8. The lowest BCUT2D eigenvalue weighted by molar-refractivity contribution is -0.144. The molecular weight excluding hydrogens is 218 g/mol. The second-order valence-electron chi connectivity index (χ2n) is 5.16. The molecule has 2 aliphatic rings. The second-order valence-corrected chi connectivity index (χ2v) is 5.16. The van der Waals surface area contributed by atoms with Crippen molar-refractivity contribution in [2.75, 3.05) is 0 Å². The van der Waals surface area contributed by atoms with Crippen LogP contribution in [0.1, 0.15) is 44.9 Å². The molecule has 0 radical (unpaired) electrons. The minimum atomic E-state index is -1.08. The summed E-state index contributed by atoms with van der Waals surface area (Å²) in [6, 6.07) is 2.09. The summed E-state index contributed by atoms with van der Waals surface area (Å²) in [5.74, 6) is -0.896. The van der Waals surface area contributed by atoms with Crippen molar-refractivity contribution >= 4 is 11.8 Å². The molecule has 0 aromatic heterocycles. The van der Waals surface area contributed by atoms with E-state index < -0.39 is 16.9 Å². The van der Waals surface area contributed by atoms with Crippen molar-refractivity contribution in [1.29, 1.82) is 5.26 Å². The molecule has 0 aromatic rings. The normalized spacial score (nSPS) is 24.4. The van der Waals surface area contributed by atoms with Crippen molar-refractivity contribution in [3.63, 3.8) is 0 Å². The van der Waals surface area contributed by atoms with Gasteiger partial charge in [0, 0.05) is 0 Å². The summed E-state index contributed by atoms with van der Waals surface area (Å²) in [6.45, 7) is 0. The lowest BCUT2D eigenvalue weighted by Crippen LogP contribution is -2.53. The third-order valence-electron chi connectivity index (χ3n) is 3.93. The molecule has 2 fully saturated rings. The van der Waals surface area contributed by atoms with E-state index in [2.05, 4.69) is 11.4 Å². The number of nitrogens with two attached hydrogens (primary N) is 1. The third-order valence-corrected chi connectivity index (χ3v) is 3.93. The third kappa shape index (κ3) is 1.99. The number of nitrogens with zero attached hydrogens (tertiary/aromatic N) is 1. The van der Waals surface area contributed by atoms with E-state index in [1.807, 2.05) is 0 Å². The highest BCUT2D eigenvalue weighted by molar-refractivity contribution is 6.05. The van der Waals surface area contributed by atoms with Crippen LogP contribution in [0.5, 0.6) is 0 Å². The van der Waals surface area contributed by atoms with E-state index in [9.17, 15) is 9.59 Å². The van der Waals surface area contributed by atoms with Gasteiger partial charge in [-0.3, -0.25) is 9.59 Å². The Morgan fingerprint density at radius 2 is 1.71 bits per heavy atom. The fraction of sp³-hybridized carbons (Fsp3) is 0.750. The van der Waals surface area contributed by atoms with Crippen LogP contribution < -0.4 is 11.1 Å². The zero-order valence-corrected chi connectivity index (χ0v) is 9.79. The Hall–Kier alpha value is -1.57. The number of carbonyl (C=O) groups is 2. The largest absolute Gasteiger partial charge is 0.369 e. The van der Waals surface area contributed by atoms with Crippen LogP contribution in [0.25, 0.3) is 0 Å². The number of carbonyl (C=O) groups excluding carboxylic acids is 2. The van der Waals surface area contributed by atoms with Gasteiger partial charge in [0.15, 0.2) is 0 Å². The SMILES string of the molecule is N#CC1(NC(=O)C2(C(N)=O)CCCCC2)CC1. The van der Waals surface area contributed by atoms with Crippen molar-refractivity contribution in [2.45, 2.75) is 50.5 Å². The van der Waals surface area contributed by atoms with Crippen molar-refractivity contribution in [1.82, 2.24) is 5.32 Å². The maximum atomic E-state index is 12.2. The quantitative estimate of drug-likeness (QED) is 0.701. The molecule has 0 bridgehead atoms. The molecule has 0 aromatic carbocycles. The van der Waals surface area contributed by atoms with Crippen LogP contribution in [0.2, 0.25) is 0 Å². The van der Waals surface area contributed by atoms with Gasteiger partial charge in [-0.15, -0.1) is 0 Å². The van der Waals surface area contributed by atoms with Gasteiger partial charge in [0.05, 0.1) is 6.07 Å². The molecule has 0 unspecified atom stereocenters. The minimum Gasteiger partial charge on any atom is -0.369 e. The van der Waals surface area contributed by atoms with Crippen LogP contribution >= 0.6 is 0 Å². The maximum absolute atomic E-state index is 12.2. The van der Waals surface area contributed by atoms with Gasteiger partial charge < -0.3 is 11.1 Å². The zero-order chi connectivity index (χ0) is 12.5. The van der Waals surface area contributed by atoms with Gasteiger partial charge in [-0.2, -0.15) is 5.26 Å². The first kappa shape index (κ1) is 11.9. The van der Waals surface area contributed by atoms with Crippen LogP contribution in [0.4, 0.5) is 0 Å². The molecule has 0 atom stereocenters. The zero-order valence-electron chi connectivity index (χ0n) is 9.79. The van der Waals surface area contributed by atoms with Gasteiger partial charge >= 0.3 is 0 Å². The Bertz CT molecular complexity index is 387. The van der Waals surface area contributed by atoms with E-state index in [4.69, 9.17) is 11.0 Å². The molecule has 17 heavy (non-hydrogen) atoms. The topological polar surface area (TPSA) is 96.0 Å². The molecule has 0 heterocycles. The Kier molecular flexibility index (Phi) is 2.82. The van der Waals surface area contributed by atoms with Crippen molar-refractivity contribution < 1.29 is 9.59 Å². The number of hydrogen-bond acceptors (Lipinski definition) is 3. The Morgan fingerprint density at radius 1 is 1.12 bits per heavy atom. The molecule has 0 spiro atoms. The average Bonchev–Trinajstić information content (AvgIpc) is 3.10. The van der Waals surface area contributed by atoms with Gasteiger partial charge in [0.25, 0.3) is 0 Å². The molecule has 0 saturated heterocycles. The fourth-order valence-electron chi connectivity index (χ4n) is 2.47. The van der Waals surface area contributed by atoms with E-state index in [1.54, 1.807) is 0 Å². The summed E-state index contributed by atoms with van der Waals surface area (Å²) < 4.78 is 0. The van der Waals surface area contributed by atoms with Crippen molar-refractivity contribution in [3.8, 4) is 6.07 Å². The monoisotopic (exact) mass is 235 g/mol. The Morgan fingerprint density at radius 3 is 2.12 bits per heavy atom. The fourth-order valence-corrected chi connectivity index (χ4v) is 2.47. The highest BCUT2D eigenvalue weighted by Gasteiger charge is 2.51. The number of rotatable bonds is 3. The van der Waals surface area contributed by atoms with Crippen LogP contribution in [0.15, 0.2) is 0 Å². The number of hydrogen-bond donors (Lipinski definition) is 2. The summed E-state index contributed by atoms with van der Waals surface area (Å²) in [5.41, 5.74) is 3.60. The summed E-state index contributed by atoms with van der Waals surface area (Å²) in [5, 5.41) is 11.7. The van der Waals surface area contributed by atoms with Crippen molar-refractivity contribution in [2.24, 2.45) is 11.1 Å². The van der Waals surface area contributed by atoms with Gasteiger partial charge in [-0.1, -0.05) is 19.3 Å². The maximum Gasteiger partial charge on any atom is 0.236 e. The molecule has 5 heteroatoms. The minimum absolute atomic E-state index is 0.344. The van der Waals surface area contributed by atoms with Gasteiger partial charge in [0.1, 0.15) is 11.0 Å². The molecule has 2 rings (SSSR count). The summed E-state index contributed by atoms with van der Waals surface area (Å²) in [7, 11) is 0. The highest BCUT2D eigenvalue weighted by atomic mass is 16.2. The van der Waals surface area contributed by atoms with Gasteiger partial charge in [0.2, 0.25) is 11.8 Å². The first-order valence-corrected chi connectivity index (χ1v) is 6.08. The predicted molar refractivity (Wildman–Crippen MR) is 60.4 cm³/mol. The molecule has 2 amide bonds. The van der Waals surface area contributed by atoms with Gasteiger partial charge in [-0.05, 0) is 25.7 Å². The molecular formula is C12H17N3O2. The number of nitrogens with one attached hydrogen (secondary N) is 1. The Labute approximate surface area is 100 Å². The predicted octanol–water partition coefficient (Wildman–Crippen LogP) is 0.595. The number of amides is 2. The van der Waals surface area contributed by atoms with E-state index >= 15 is 0 Å². The van der Waals surface area contributed by atoms with Crippen LogP contribution in [0.3, 0.4) is 0 Å². The number of nitriles is 1. The van der Waals surface area contributed by atoms with Crippen LogP contribution in [-0.4, -0.2) is 17.4 Å². The molecule has 2 saturated carbocycles. The Balaban J connectivity index is 2.14. The molecule has 2 aliphatic carbocycles. The smallest absolute Gasteiger partial charge is 0.236 e. The van der Waals surface area contributed by atoms with Crippen molar-refractivity contribution in [3.05, 3.63) is 0 Å². The lowest BCUT2D eigenvalue weighted by Gasteiger charge is -2.33. The average molecular weight is 235 g/mol. The first-order valence-electron chi connectivity index (χ1n) is 6.08. The van der Waals surface area contributed by atoms with E-state index in [0.717, 1.165) is 19.3 Å². The second kappa shape index (κ2) is 4.02. The molecule has 0 aliphatic heterocycles. The summed E-state index contributed by atoms with van der Waals surface area (Å²) >= 11 is 0. The molecule has 92 valence electrons. The lowest BCUT2D eigenvalue weighted by atomic mass is 9.72. The van der Waals surface area contributed by atoms with E-state index in [1.165, 1.54) is 0 Å². The molecule has 3 N–H and O–H groups in total. The molecule has 5 nitrogen and oxygen atoms in total. The summed E-state index contributed by atoms with van der Waals surface area (Å²) in [6.07, 6.45) is 5.08. The number of primary amides is 1. The van der Waals surface area contributed by atoms with Crippen LogP contribution in [-0.2, 0) is 9.59 Å². The van der Waals surface area contributed by atoms with Crippen LogP contribution in [0, 0.1) is 16.7 Å². The van der Waals surface area contributed by atoms with E-state index in [0.29, 0.717) is 25.7 Å². The first-order chi connectivity index (χ1) is 8.05. The van der Waals surface area contributed by atoms with Gasteiger partial charge in [-0.25, -0.2) is 0 Å². The highest BCUT2D eigenvalue weighted by Crippen LogP contribution is 2.40. The standard InChI is InChI=1S/C12H17N3O2/c13-8-11(6-7-11)15-10(17)12(9(14)16)4-2-1-3-5-12/h1-7H2,(H2,14,16)(H,15,17). The van der Waals surface area contributed by atoms with E-state index in [-0.39, 0.29) is 5.91 Å².